The zero-order valence-electron chi connectivity index (χ0n) is 14.7. The van der Waals surface area contributed by atoms with Crippen molar-refractivity contribution in [3.8, 4) is 11.3 Å². The Bertz CT molecular complexity index is 1050. The number of nitrogens with zero attached hydrogens (tertiary/aromatic N) is 1. The molecule has 0 spiro atoms. The maximum atomic E-state index is 4.82. The van der Waals surface area contributed by atoms with Gasteiger partial charge in [0.25, 0.3) is 0 Å². The zero-order chi connectivity index (χ0) is 17.6. The summed E-state index contributed by atoms with van der Waals surface area (Å²) in [7, 11) is -2.31. The van der Waals surface area contributed by atoms with E-state index in [0.717, 1.165) is 5.69 Å². The van der Waals surface area contributed by atoms with Crippen LogP contribution in [0.5, 0.6) is 0 Å². The van der Waals surface area contributed by atoms with Crippen LogP contribution in [0.15, 0.2) is 97.2 Å². The molecule has 1 aliphatic rings. The molecule has 0 amide bonds. The first-order chi connectivity index (χ1) is 12.8. The van der Waals surface area contributed by atoms with Crippen LogP contribution in [0.2, 0.25) is 0 Å². The second-order valence-corrected chi connectivity index (χ2v) is 10.7. The molecule has 0 aliphatic carbocycles. The van der Waals surface area contributed by atoms with Crippen LogP contribution >= 0.6 is 0 Å². The van der Waals surface area contributed by atoms with Crippen molar-refractivity contribution < 1.29 is 0 Å². The van der Waals surface area contributed by atoms with Gasteiger partial charge < -0.3 is 0 Å². The van der Waals surface area contributed by atoms with Gasteiger partial charge in [-0.1, -0.05) is 84.4 Å². The third-order valence-electron chi connectivity index (χ3n) is 5.46. The summed E-state index contributed by atoms with van der Waals surface area (Å²) in [4.78, 5) is 4.82. The predicted octanol–water partition coefficient (Wildman–Crippen LogP) is 2.75. The van der Waals surface area contributed by atoms with Gasteiger partial charge >= 0.3 is 0 Å². The quantitative estimate of drug-likeness (QED) is 0.447. The molecule has 124 valence electrons. The SMILES string of the molecule is Cc1ccc2c(c1)-c1ncccc1[Si]2(c1ccccc1)c1ccccc1. The van der Waals surface area contributed by atoms with Gasteiger partial charge in [0, 0.05) is 11.8 Å². The lowest BCUT2D eigenvalue weighted by Gasteiger charge is -2.30. The third kappa shape index (κ3) is 1.99. The molecule has 26 heavy (non-hydrogen) atoms. The highest BCUT2D eigenvalue weighted by Crippen LogP contribution is 2.27. The molecule has 0 bridgehead atoms. The summed E-state index contributed by atoms with van der Waals surface area (Å²) in [5.74, 6) is 0. The number of pyridine rings is 1. The number of hydrogen-bond donors (Lipinski definition) is 0. The van der Waals surface area contributed by atoms with Crippen molar-refractivity contribution in [2.45, 2.75) is 6.92 Å². The maximum absolute atomic E-state index is 4.82. The molecule has 0 saturated carbocycles. The lowest BCUT2D eigenvalue weighted by atomic mass is 10.1. The second-order valence-electron chi connectivity index (χ2n) is 6.93. The van der Waals surface area contributed by atoms with E-state index in [4.69, 9.17) is 4.98 Å². The number of benzene rings is 3. The molecule has 5 rings (SSSR count). The molecule has 0 unspecified atom stereocenters. The van der Waals surface area contributed by atoms with Gasteiger partial charge in [-0.3, -0.25) is 4.98 Å². The van der Waals surface area contributed by atoms with Crippen molar-refractivity contribution in [3.05, 3.63) is 103 Å². The lowest BCUT2D eigenvalue weighted by molar-refractivity contribution is 1.35. The topological polar surface area (TPSA) is 12.9 Å². The van der Waals surface area contributed by atoms with Crippen LogP contribution in [0.4, 0.5) is 0 Å². The van der Waals surface area contributed by atoms with Crippen molar-refractivity contribution in [2.24, 2.45) is 0 Å². The van der Waals surface area contributed by atoms with Crippen LogP contribution in [0.25, 0.3) is 11.3 Å². The van der Waals surface area contributed by atoms with E-state index >= 15 is 0 Å². The fraction of sp³-hybridized carbons (Fsp3) is 0.0417. The van der Waals surface area contributed by atoms with Gasteiger partial charge in [-0.05, 0) is 39.8 Å². The highest BCUT2D eigenvalue weighted by Gasteiger charge is 2.49. The molecule has 0 radical (unpaired) electrons. The normalized spacial score (nSPS) is 13.9. The molecule has 4 aromatic rings. The summed E-state index contributed by atoms with van der Waals surface area (Å²) in [6.07, 6.45) is 1.92. The molecule has 1 aliphatic heterocycles. The van der Waals surface area contributed by atoms with E-state index < -0.39 is 8.07 Å². The summed E-state index contributed by atoms with van der Waals surface area (Å²) in [6, 6.07) is 33.3. The van der Waals surface area contributed by atoms with Crippen molar-refractivity contribution in [1.82, 2.24) is 4.98 Å². The molecule has 1 aromatic heterocycles. The Morgan fingerprint density at radius 1 is 0.654 bits per heavy atom. The van der Waals surface area contributed by atoms with Crippen molar-refractivity contribution in [1.29, 1.82) is 0 Å². The molecule has 0 atom stereocenters. The molecule has 0 N–H and O–H groups in total. The van der Waals surface area contributed by atoms with Crippen LogP contribution in [0.3, 0.4) is 0 Å². The maximum Gasteiger partial charge on any atom is 0.182 e. The Morgan fingerprint density at radius 3 is 1.96 bits per heavy atom. The Morgan fingerprint density at radius 2 is 1.31 bits per heavy atom. The fourth-order valence-corrected chi connectivity index (χ4v) is 9.49. The van der Waals surface area contributed by atoms with Gasteiger partial charge in [-0.15, -0.1) is 0 Å². The molecule has 2 heterocycles. The van der Waals surface area contributed by atoms with Gasteiger partial charge in [-0.2, -0.15) is 0 Å². The van der Waals surface area contributed by atoms with Crippen molar-refractivity contribution >= 4 is 28.8 Å². The molecular weight excluding hydrogens is 330 g/mol. The molecule has 2 heteroatoms. The van der Waals surface area contributed by atoms with E-state index in [1.165, 1.54) is 31.9 Å². The van der Waals surface area contributed by atoms with Gasteiger partial charge in [0.2, 0.25) is 0 Å². The van der Waals surface area contributed by atoms with Crippen molar-refractivity contribution in [2.75, 3.05) is 0 Å². The monoisotopic (exact) mass is 349 g/mol. The molecule has 0 saturated heterocycles. The molecular formula is C24H19NSi. The summed E-state index contributed by atoms with van der Waals surface area (Å²) >= 11 is 0. The largest absolute Gasteiger partial charge is 0.256 e. The van der Waals surface area contributed by atoms with Gasteiger partial charge in [0.05, 0.1) is 5.69 Å². The van der Waals surface area contributed by atoms with Gasteiger partial charge in [0.1, 0.15) is 0 Å². The Kier molecular flexibility index (Phi) is 3.40. The third-order valence-corrected chi connectivity index (χ3v) is 10.3. The number of aryl methyl sites for hydroxylation is 1. The van der Waals surface area contributed by atoms with E-state index in [1.54, 1.807) is 0 Å². The summed E-state index contributed by atoms with van der Waals surface area (Å²) in [5.41, 5.74) is 3.75. The Balaban J connectivity index is 1.98. The zero-order valence-corrected chi connectivity index (χ0v) is 15.7. The molecule has 3 aromatic carbocycles. The van der Waals surface area contributed by atoms with E-state index in [1.807, 2.05) is 6.20 Å². The summed E-state index contributed by atoms with van der Waals surface area (Å²) in [5, 5.41) is 5.69. The minimum atomic E-state index is -2.31. The van der Waals surface area contributed by atoms with E-state index in [2.05, 4.69) is 97.9 Å². The fourth-order valence-electron chi connectivity index (χ4n) is 4.41. The van der Waals surface area contributed by atoms with Gasteiger partial charge in [0.15, 0.2) is 8.07 Å². The second kappa shape index (κ2) is 5.79. The van der Waals surface area contributed by atoms with Crippen molar-refractivity contribution in [3.63, 3.8) is 0 Å². The first kappa shape index (κ1) is 15.3. The van der Waals surface area contributed by atoms with Crippen LogP contribution < -0.4 is 20.7 Å². The highest BCUT2D eigenvalue weighted by atomic mass is 28.3. The van der Waals surface area contributed by atoms with Gasteiger partial charge in [-0.25, -0.2) is 0 Å². The average Bonchev–Trinajstić information content (AvgIpc) is 3.00. The Labute approximate surface area is 155 Å². The van der Waals surface area contributed by atoms with Crippen LogP contribution in [0, 0.1) is 6.92 Å². The highest BCUT2D eigenvalue weighted by molar-refractivity contribution is 7.22. The minimum absolute atomic E-state index is 1.16. The molecule has 1 nitrogen and oxygen atoms in total. The molecule has 0 fully saturated rings. The first-order valence-corrected chi connectivity index (χ1v) is 11.0. The summed E-state index contributed by atoms with van der Waals surface area (Å²) in [6.45, 7) is 2.16. The minimum Gasteiger partial charge on any atom is -0.256 e. The standard InChI is InChI=1S/C24H19NSi/c1-18-14-15-22-21(17-18)24-23(13-8-16-25-24)26(22,19-9-4-2-5-10-19)20-11-6-3-7-12-20/h2-17H,1H3. The predicted molar refractivity (Wildman–Crippen MR) is 112 cm³/mol. The first-order valence-electron chi connectivity index (χ1n) is 9.00. The number of fused-ring (bicyclic) bond motifs is 3. The summed E-state index contributed by atoms with van der Waals surface area (Å²) < 4.78 is 0. The van der Waals surface area contributed by atoms with Crippen LogP contribution in [0.1, 0.15) is 5.56 Å². The van der Waals surface area contributed by atoms with Crippen LogP contribution in [-0.4, -0.2) is 13.1 Å². The number of hydrogen-bond acceptors (Lipinski definition) is 1. The average molecular weight is 350 g/mol. The lowest BCUT2D eigenvalue weighted by Crippen LogP contribution is -2.72. The number of rotatable bonds is 2. The van der Waals surface area contributed by atoms with Crippen LogP contribution in [-0.2, 0) is 0 Å². The van der Waals surface area contributed by atoms with E-state index in [-0.39, 0.29) is 0 Å². The van der Waals surface area contributed by atoms with E-state index in [9.17, 15) is 0 Å². The van der Waals surface area contributed by atoms with E-state index in [0.29, 0.717) is 0 Å². The smallest absolute Gasteiger partial charge is 0.182 e. The Hall–Kier alpha value is -2.97. The number of aromatic nitrogens is 1.